The van der Waals surface area contributed by atoms with Crippen LogP contribution in [-0.2, 0) is 17.9 Å². The van der Waals surface area contributed by atoms with E-state index in [4.69, 9.17) is 32.7 Å². The molecule has 4 rings (SSSR count). The highest BCUT2D eigenvalue weighted by Gasteiger charge is 2.08. The van der Waals surface area contributed by atoms with E-state index < -0.39 is 0 Å². The van der Waals surface area contributed by atoms with E-state index >= 15 is 0 Å². The minimum atomic E-state index is -0.293. The summed E-state index contributed by atoms with van der Waals surface area (Å²) in [6.07, 6.45) is 4.96. The minimum Gasteiger partial charge on any atom is -0.496 e. The molecule has 1 amide bonds. The van der Waals surface area contributed by atoms with Gasteiger partial charge in [0.05, 0.1) is 13.7 Å². The zero-order valence-electron chi connectivity index (χ0n) is 19.9. The summed E-state index contributed by atoms with van der Waals surface area (Å²) >= 11 is 12.2. The van der Waals surface area contributed by atoms with E-state index in [2.05, 4.69) is 10.4 Å². The molecule has 0 fully saturated rings. The minimum absolute atomic E-state index is 0.293. The van der Waals surface area contributed by atoms with Gasteiger partial charge in [0.25, 0.3) is 0 Å². The lowest BCUT2D eigenvalue weighted by Gasteiger charge is -2.11. The maximum atomic E-state index is 12.5. The van der Waals surface area contributed by atoms with Crippen LogP contribution < -0.4 is 14.8 Å². The maximum Gasteiger partial charge on any atom is 0.249 e. The normalized spacial score (nSPS) is 11.0. The molecular weight excluding hydrogens is 497 g/mol. The number of amides is 1. The van der Waals surface area contributed by atoms with Crippen molar-refractivity contribution in [3.05, 3.63) is 111 Å². The van der Waals surface area contributed by atoms with Gasteiger partial charge in [-0.1, -0.05) is 47.5 Å². The van der Waals surface area contributed by atoms with Crippen molar-refractivity contribution in [1.29, 1.82) is 0 Å². The lowest BCUT2D eigenvalue weighted by molar-refractivity contribution is -0.111. The first kappa shape index (κ1) is 25.4. The van der Waals surface area contributed by atoms with Gasteiger partial charge in [-0.15, -0.1) is 0 Å². The van der Waals surface area contributed by atoms with Gasteiger partial charge < -0.3 is 14.8 Å². The van der Waals surface area contributed by atoms with Crippen LogP contribution in [0.4, 0.5) is 5.82 Å². The summed E-state index contributed by atoms with van der Waals surface area (Å²) in [4.78, 5) is 12.5. The van der Waals surface area contributed by atoms with Gasteiger partial charge in [-0.05, 0) is 66.1 Å². The van der Waals surface area contributed by atoms with Crippen LogP contribution in [0.2, 0.25) is 10.0 Å². The lowest BCUT2D eigenvalue weighted by Crippen LogP contribution is -2.09. The van der Waals surface area contributed by atoms with Gasteiger partial charge in [0, 0.05) is 33.9 Å². The van der Waals surface area contributed by atoms with Gasteiger partial charge in [-0.2, -0.15) is 5.10 Å². The number of nitrogens with zero attached hydrogens (tertiary/aromatic N) is 2. The number of hydrogen-bond donors (Lipinski definition) is 1. The third kappa shape index (κ3) is 6.90. The second-order valence-electron chi connectivity index (χ2n) is 8.13. The summed E-state index contributed by atoms with van der Waals surface area (Å²) in [6, 6.07) is 20.6. The Balaban J connectivity index is 1.37. The van der Waals surface area contributed by atoms with Crippen LogP contribution in [0.25, 0.3) is 6.08 Å². The van der Waals surface area contributed by atoms with Crippen molar-refractivity contribution in [2.45, 2.75) is 20.1 Å². The van der Waals surface area contributed by atoms with Gasteiger partial charge in [0.1, 0.15) is 18.1 Å². The number of aryl methyl sites for hydroxylation is 1. The number of methoxy groups -OCH3 is 1. The number of anilines is 1. The summed E-state index contributed by atoms with van der Waals surface area (Å²) in [7, 11) is 1.62. The molecule has 0 aliphatic heterocycles. The molecule has 0 unspecified atom stereocenters. The second-order valence-corrected chi connectivity index (χ2v) is 8.98. The number of ether oxygens (including phenoxy) is 2. The highest BCUT2D eigenvalue weighted by atomic mass is 35.5. The second kappa shape index (κ2) is 11.8. The average Bonchev–Trinajstić information content (AvgIpc) is 3.30. The molecule has 0 aliphatic rings. The van der Waals surface area contributed by atoms with Gasteiger partial charge >= 0.3 is 0 Å². The molecule has 36 heavy (non-hydrogen) atoms. The van der Waals surface area contributed by atoms with Crippen LogP contribution in [0.1, 0.15) is 22.3 Å². The van der Waals surface area contributed by atoms with E-state index in [9.17, 15) is 4.79 Å². The monoisotopic (exact) mass is 521 g/mol. The lowest BCUT2D eigenvalue weighted by atomic mass is 10.1. The third-order valence-corrected chi connectivity index (χ3v) is 5.94. The molecule has 0 aliphatic carbocycles. The number of rotatable bonds is 9. The van der Waals surface area contributed by atoms with Gasteiger partial charge in [-0.25, -0.2) is 0 Å². The first-order chi connectivity index (χ1) is 17.4. The Morgan fingerprint density at radius 3 is 2.69 bits per heavy atom. The molecule has 1 N–H and O–H groups in total. The SMILES string of the molecule is COc1ccc(/C=C/C(=O)Nc2ccn(Cc3ccc(Cl)cc3Cl)n2)cc1COc1cccc(C)c1. The smallest absolute Gasteiger partial charge is 0.249 e. The van der Waals surface area contributed by atoms with Crippen LogP contribution in [0.3, 0.4) is 0 Å². The van der Waals surface area contributed by atoms with Gasteiger partial charge in [-0.3, -0.25) is 9.48 Å². The van der Waals surface area contributed by atoms with Crippen LogP contribution in [-0.4, -0.2) is 22.8 Å². The number of carbonyl (C=O) groups excluding carboxylic acids is 1. The molecule has 0 spiro atoms. The Bertz CT molecular complexity index is 1400. The zero-order chi connectivity index (χ0) is 25.5. The van der Waals surface area contributed by atoms with Crippen LogP contribution in [0.15, 0.2) is 79.0 Å². The summed E-state index contributed by atoms with van der Waals surface area (Å²) in [5.74, 6) is 1.65. The predicted molar refractivity (Wildman–Crippen MR) is 144 cm³/mol. The Kier molecular flexibility index (Phi) is 8.31. The van der Waals surface area contributed by atoms with E-state index in [1.165, 1.54) is 6.08 Å². The molecule has 8 heteroatoms. The molecule has 3 aromatic carbocycles. The van der Waals surface area contributed by atoms with E-state index in [1.807, 2.05) is 55.5 Å². The predicted octanol–water partition coefficient (Wildman–Crippen LogP) is 6.79. The fourth-order valence-corrected chi connectivity index (χ4v) is 4.03. The Labute approximate surface area is 220 Å². The van der Waals surface area contributed by atoms with Crippen molar-refractivity contribution < 1.29 is 14.3 Å². The standard InChI is InChI=1S/C28H25Cl2N3O3/c1-19-4-3-5-24(14-19)36-18-22-15-20(6-10-26(22)35-2)7-11-28(34)31-27-12-13-33(32-27)17-21-8-9-23(29)16-25(21)30/h3-16H,17-18H2,1-2H3,(H,31,32,34)/b11-7+. The molecule has 0 atom stereocenters. The topological polar surface area (TPSA) is 65.4 Å². The van der Waals surface area contributed by atoms with E-state index in [-0.39, 0.29) is 5.91 Å². The summed E-state index contributed by atoms with van der Waals surface area (Å²) in [6.45, 7) is 2.82. The number of carbonyl (C=O) groups is 1. The van der Waals surface area contributed by atoms with Crippen LogP contribution >= 0.6 is 23.2 Å². The van der Waals surface area contributed by atoms with Crippen molar-refractivity contribution in [1.82, 2.24) is 9.78 Å². The zero-order valence-corrected chi connectivity index (χ0v) is 21.4. The molecule has 4 aromatic rings. The molecule has 0 saturated heterocycles. The average molecular weight is 522 g/mol. The van der Waals surface area contributed by atoms with E-state index in [0.717, 1.165) is 33.8 Å². The quantitative estimate of drug-likeness (QED) is 0.246. The number of aromatic nitrogens is 2. The Morgan fingerprint density at radius 1 is 1.06 bits per heavy atom. The number of benzene rings is 3. The Hall–Kier alpha value is -3.74. The van der Waals surface area contributed by atoms with Crippen molar-refractivity contribution in [3.63, 3.8) is 0 Å². The summed E-state index contributed by atoms with van der Waals surface area (Å²) in [5.41, 5.74) is 3.72. The third-order valence-electron chi connectivity index (χ3n) is 5.35. The fourth-order valence-electron chi connectivity index (χ4n) is 3.56. The Morgan fingerprint density at radius 2 is 1.92 bits per heavy atom. The number of halogens is 2. The highest BCUT2D eigenvalue weighted by molar-refractivity contribution is 6.35. The van der Waals surface area contributed by atoms with Crippen molar-refractivity contribution in [3.8, 4) is 11.5 Å². The molecule has 1 heterocycles. The van der Waals surface area contributed by atoms with Gasteiger partial charge in [0.2, 0.25) is 5.91 Å². The van der Waals surface area contributed by atoms with Crippen molar-refractivity contribution >= 4 is 41.0 Å². The fraction of sp³-hybridized carbons (Fsp3) is 0.143. The van der Waals surface area contributed by atoms with Crippen LogP contribution in [0.5, 0.6) is 11.5 Å². The summed E-state index contributed by atoms with van der Waals surface area (Å²) in [5, 5.41) is 8.30. The highest BCUT2D eigenvalue weighted by Crippen LogP contribution is 2.24. The first-order valence-corrected chi connectivity index (χ1v) is 12.0. The van der Waals surface area contributed by atoms with Gasteiger partial charge in [0.15, 0.2) is 5.82 Å². The van der Waals surface area contributed by atoms with Crippen LogP contribution in [0, 0.1) is 6.92 Å². The van der Waals surface area contributed by atoms with Crippen molar-refractivity contribution in [2.24, 2.45) is 0 Å². The molecule has 0 radical (unpaired) electrons. The molecule has 0 saturated carbocycles. The first-order valence-electron chi connectivity index (χ1n) is 11.2. The van der Waals surface area contributed by atoms with E-state index in [0.29, 0.717) is 29.0 Å². The molecule has 6 nitrogen and oxygen atoms in total. The molecule has 184 valence electrons. The number of hydrogen-bond acceptors (Lipinski definition) is 4. The maximum absolute atomic E-state index is 12.5. The van der Waals surface area contributed by atoms with Crippen molar-refractivity contribution in [2.75, 3.05) is 12.4 Å². The molecule has 1 aromatic heterocycles. The number of nitrogens with one attached hydrogen (secondary N) is 1. The molecular formula is C28H25Cl2N3O3. The summed E-state index contributed by atoms with van der Waals surface area (Å²) < 4.78 is 13.1. The van der Waals surface area contributed by atoms with E-state index in [1.54, 1.807) is 42.3 Å². The largest absolute Gasteiger partial charge is 0.496 e. The molecule has 0 bridgehead atoms.